The highest BCUT2D eigenvalue weighted by atomic mass is 32.1. The molecule has 1 aliphatic rings. The van der Waals surface area contributed by atoms with Crippen LogP contribution in [0.3, 0.4) is 0 Å². The van der Waals surface area contributed by atoms with Crippen molar-refractivity contribution in [2.45, 2.75) is 26.3 Å². The Hall–Kier alpha value is -4.67. The number of aromatic nitrogens is 2. The molecule has 226 valence electrons. The number of anilines is 1. The minimum absolute atomic E-state index is 0.0900. The van der Waals surface area contributed by atoms with Gasteiger partial charge in [-0.2, -0.15) is 0 Å². The Morgan fingerprint density at radius 1 is 1.00 bits per heavy atom. The molecule has 0 spiro atoms. The number of thiophene rings is 1. The largest absolute Gasteiger partial charge is 0.493 e. The predicted molar refractivity (Wildman–Crippen MR) is 172 cm³/mol. The van der Waals surface area contributed by atoms with Gasteiger partial charge in [-0.1, -0.05) is 41.2 Å². The molecule has 6 rings (SSSR count). The Labute approximate surface area is 259 Å². The average molecular weight is 612 g/mol. The molecule has 4 heterocycles. The number of fused-ring (bicyclic) bond motifs is 1. The number of carbonyl (C=O) groups excluding carboxylic acids is 1. The van der Waals surface area contributed by atoms with Crippen LogP contribution in [0, 0.1) is 12.8 Å². The fourth-order valence-corrected chi connectivity index (χ4v) is 6.09. The molecular weight excluding hydrogens is 578 g/mol. The van der Waals surface area contributed by atoms with E-state index in [1.807, 2.05) is 48.0 Å². The zero-order valence-electron chi connectivity index (χ0n) is 24.8. The van der Waals surface area contributed by atoms with E-state index in [1.54, 1.807) is 50.9 Å². The summed E-state index contributed by atoms with van der Waals surface area (Å²) in [6, 6.07) is 16.7. The SMILES string of the molecule is COc1cc2nccc(Oc3ccc(NC(=O)c4cn(CC5CCOCC5)cc(-c5ccc(C)cc5)c4=O)s3)c2cc1OC. The summed E-state index contributed by atoms with van der Waals surface area (Å²) in [7, 11) is 3.15. The second-order valence-electron chi connectivity index (χ2n) is 10.7. The number of methoxy groups -OCH3 is 2. The highest BCUT2D eigenvalue weighted by Crippen LogP contribution is 2.39. The topological polar surface area (TPSA) is 101 Å². The molecule has 1 fully saturated rings. The Kier molecular flexibility index (Phi) is 8.63. The fourth-order valence-electron chi connectivity index (χ4n) is 5.33. The number of rotatable bonds is 9. The number of nitrogens with one attached hydrogen (secondary N) is 1. The van der Waals surface area contributed by atoms with E-state index in [-0.39, 0.29) is 11.0 Å². The molecule has 2 aromatic carbocycles. The molecule has 1 aliphatic heterocycles. The van der Waals surface area contributed by atoms with Crippen molar-refractivity contribution in [3.63, 3.8) is 0 Å². The van der Waals surface area contributed by atoms with Crippen LogP contribution >= 0.6 is 11.3 Å². The van der Waals surface area contributed by atoms with Crippen molar-refractivity contribution in [3.05, 3.63) is 94.5 Å². The lowest BCUT2D eigenvalue weighted by atomic mass is 9.99. The van der Waals surface area contributed by atoms with Crippen LogP contribution in [0.25, 0.3) is 22.0 Å². The van der Waals surface area contributed by atoms with Gasteiger partial charge in [-0.25, -0.2) is 0 Å². The number of hydrogen-bond acceptors (Lipinski definition) is 8. The third kappa shape index (κ3) is 6.31. The normalized spacial score (nSPS) is 13.5. The van der Waals surface area contributed by atoms with E-state index in [2.05, 4.69) is 10.3 Å². The van der Waals surface area contributed by atoms with Crippen LogP contribution in [0.4, 0.5) is 5.00 Å². The van der Waals surface area contributed by atoms with E-state index in [1.165, 1.54) is 11.3 Å². The quantitative estimate of drug-likeness (QED) is 0.193. The van der Waals surface area contributed by atoms with Crippen molar-refractivity contribution in [1.82, 2.24) is 9.55 Å². The van der Waals surface area contributed by atoms with Crippen LogP contribution in [0.1, 0.15) is 28.8 Å². The van der Waals surface area contributed by atoms with Crippen LogP contribution in [-0.4, -0.2) is 42.9 Å². The van der Waals surface area contributed by atoms with Crippen LogP contribution in [0.15, 0.2) is 78.0 Å². The van der Waals surface area contributed by atoms with E-state index in [9.17, 15) is 9.59 Å². The lowest BCUT2D eigenvalue weighted by Gasteiger charge is -2.23. The molecule has 3 aromatic heterocycles. The number of aryl methyl sites for hydroxylation is 1. The third-order valence-electron chi connectivity index (χ3n) is 7.73. The van der Waals surface area contributed by atoms with Crippen molar-refractivity contribution in [3.8, 4) is 33.4 Å². The van der Waals surface area contributed by atoms with Crippen LogP contribution < -0.4 is 25.0 Å². The first-order valence-corrected chi connectivity index (χ1v) is 15.2. The predicted octanol–water partition coefficient (Wildman–Crippen LogP) is 6.92. The van der Waals surface area contributed by atoms with Gasteiger partial charge in [0.2, 0.25) is 5.43 Å². The van der Waals surface area contributed by atoms with Crippen LogP contribution in [0.2, 0.25) is 0 Å². The fraction of sp³-hybridized carbons (Fsp3) is 0.265. The first-order chi connectivity index (χ1) is 21.4. The molecule has 1 saturated heterocycles. The van der Waals surface area contributed by atoms with Crippen molar-refractivity contribution in [2.75, 3.05) is 32.8 Å². The van der Waals surface area contributed by atoms with E-state index in [0.717, 1.165) is 42.6 Å². The molecule has 0 saturated carbocycles. The summed E-state index contributed by atoms with van der Waals surface area (Å²) < 4.78 is 24.6. The molecule has 0 radical (unpaired) electrons. The van der Waals surface area contributed by atoms with Crippen molar-refractivity contribution in [1.29, 1.82) is 0 Å². The number of benzene rings is 2. The molecule has 1 N–H and O–H groups in total. The van der Waals surface area contributed by atoms with Crippen molar-refractivity contribution in [2.24, 2.45) is 5.92 Å². The maximum absolute atomic E-state index is 13.7. The van der Waals surface area contributed by atoms with Gasteiger partial charge in [-0.3, -0.25) is 14.6 Å². The van der Waals surface area contributed by atoms with Crippen molar-refractivity contribution < 1.29 is 23.7 Å². The lowest BCUT2D eigenvalue weighted by Crippen LogP contribution is -2.26. The molecule has 0 atom stereocenters. The summed E-state index contributed by atoms with van der Waals surface area (Å²) in [6.45, 7) is 4.16. The molecular formula is C34H33N3O6S. The van der Waals surface area contributed by atoms with Gasteiger partial charge in [0.25, 0.3) is 5.91 Å². The smallest absolute Gasteiger partial charge is 0.261 e. The summed E-state index contributed by atoms with van der Waals surface area (Å²) in [5.41, 5.74) is 2.84. The maximum Gasteiger partial charge on any atom is 0.261 e. The van der Waals surface area contributed by atoms with Gasteiger partial charge in [0, 0.05) is 55.4 Å². The summed E-state index contributed by atoms with van der Waals surface area (Å²) >= 11 is 1.26. The van der Waals surface area contributed by atoms with Crippen LogP contribution in [0.5, 0.6) is 22.3 Å². The third-order valence-corrected chi connectivity index (χ3v) is 8.61. The van der Waals surface area contributed by atoms with Gasteiger partial charge in [0.05, 0.1) is 24.7 Å². The Bertz CT molecular complexity index is 1860. The molecule has 0 unspecified atom stereocenters. The lowest BCUT2D eigenvalue weighted by molar-refractivity contribution is 0.0612. The highest BCUT2D eigenvalue weighted by molar-refractivity contribution is 7.18. The first kappa shape index (κ1) is 29.4. The average Bonchev–Trinajstić information content (AvgIpc) is 3.48. The zero-order chi connectivity index (χ0) is 30.6. The highest BCUT2D eigenvalue weighted by Gasteiger charge is 2.20. The van der Waals surface area contributed by atoms with Gasteiger partial charge in [-0.15, -0.1) is 0 Å². The molecule has 9 nitrogen and oxygen atoms in total. The standard InChI is InChI=1S/C34H33N3O6S/c1-21-4-6-23(7-5-21)25-19-37(18-22-11-14-42-15-12-22)20-26(33(25)38)34(39)36-31-8-9-32(44-31)43-28-10-13-35-27-17-30(41-3)29(40-2)16-24(27)28/h4-10,13,16-17,19-20,22H,11-12,14-15,18H2,1-3H3,(H,36,39). The first-order valence-electron chi connectivity index (χ1n) is 14.4. The second kappa shape index (κ2) is 12.9. The number of hydrogen-bond donors (Lipinski definition) is 1. The summed E-state index contributed by atoms with van der Waals surface area (Å²) in [5.74, 6) is 1.66. The van der Waals surface area contributed by atoms with Gasteiger partial charge < -0.3 is 28.8 Å². The van der Waals surface area contributed by atoms with Gasteiger partial charge >= 0.3 is 0 Å². The number of ether oxygens (including phenoxy) is 4. The van der Waals surface area contributed by atoms with Gasteiger partial charge in [0.15, 0.2) is 16.6 Å². The number of carbonyl (C=O) groups is 1. The molecule has 10 heteroatoms. The minimum atomic E-state index is -0.468. The molecule has 1 amide bonds. The maximum atomic E-state index is 13.7. The van der Waals surface area contributed by atoms with E-state index < -0.39 is 5.91 Å². The molecule has 44 heavy (non-hydrogen) atoms. The summed E-state index contributed by atoms with van der Waals surface area (Å²) in [6.07, 6.45) is 7.07. The van der Waals surface area contributed by atoms with Gasteiger partial charge in [0.1, 0.15) is 11.3 Å². The zero-order valence-corrected chi connectivity index (χ0v) is 25.6. The number of amides is 1. The minimum Gasteiger partial charge on any atom is -0.493 e. The van der Waals surface area contributed by atoms with Crippen molar-refractivity contribution >= 4 is 33.1 Å². The number of nitrogens with zero attached hydrogens (tertiary/aromatic N) is 2. The molecule has 5 aromatic rings. The van der Waals surface area contributed by atoms with E-state index >= 15 is 0 Å². The molecule has 0 aliphatic carbocycles. The van der Waals surface area contributed by atoms with Crippen LogP contribution in [-0.2, 0) is 11.3 Å². The Morgan fingerprint density at radius 2 is 1.75 bits per heavy atom. The van der Waals surface area contributed by atoms with E-state index in [0.29, 0.717) is 50.9 Å². The Morgan fingerprint density at radius 3 is 2.50 bits per heavy atom. The second-order valence-corrected chi connectivity index (χ2v) is 11.8. The summed E-state index contributed by atoms with van der Waals surface area (Å²) in [5, 5.41) is 4.78. The Balaban J connectivity index is 1.26. The monoisotopic (exact) mass is 611 g/mol. The molecule has 0 bridgehead atoms. The van der Waals surface area contributed by atoms with E-state index in [4.69, 9.17) is 18.9 Å². The summed E-state index contributed by atoms with van der Waals surface area (Å²) in [4.78, 5) is 31.7. The number of pyridine rings is 2. The van der Waals surface area contributed by atoms with Gasteiger partial charge in [-0.05, 0) is 55.5 Å².